The van der Waals surface area contributed by atoms with Gasteiger partial charge in [-0.25, -0.2) is 4.98 Å². The van der Waals surface area contributed by atoms with Crippen LogP contribution in [0.25, 0.3) is 0 Å². The molecule has 4 heteroatoms. The fourth-order valence-corrected chi connectivity index (χ4v) is 1.66. The molecule has 1 unspecified atom stereocenters. The van der Waals surface area contributed by atoms with Crippen molar-refractivity contribution in [3.63, 3.8) is 0 Å². The highest BCUT2D eigenvalue weighted by Gasteiger charge is 2.05. The maximum absolute atomic E-state index is 5.03. The summed E-state index contributed by atoms with van der Waals surface area (Å²) in [5.74, 6) is 0.662. The zero-order chi connectivity index (χ0) is 13.4. The lowest BCUT2D eigenvalue weighted by Crippen LogP contribution is -2.34. The molecule has 0 radical (unpaired) electrons. The lowest BCUT2D eigenvalue weighted by Gasteiger charge is -2.23. The zero-order valence-electron chi connectivity index (χ0n) is 11.9. The van der Waals surface area contributed by atoms with E-state index in [1.807, 2.05) is 18.3 Å². The highest BCUT2D eigenvalue weighted by molar-refractivity contribution is 5.17. The number of likely N-dealkylation sites (N-methyl/N-ethyl adjacent to an activating group) is 1. The maximum Gasteiger partial charge on any atom is 0.212 e. The molecule has 102 valence electrons. The molecule has 1 rings (SSSR count). The number of methoxy groups -OCH3 is 1. The van der Waals surface area contributed by atoms with Crippen LogP contribution in [-0.4, -0.2) is 43.2 Å². The third-order valence-electron chi connectivity index (χ3n) is 3.32. The Bertz CT molecular complexity index is 326. The van der Waals surface area contributed by atoms with Crippen LogP contribution in [0.2, 0.25) is 0 Å². The van der Waals surface area contributed by atoms with Gasteiger partial charge in [0.05, 0.1) is 7.11 Å². The molecule has 1 N–H and O–H groups in total. The number of pyridine rings is 1. The minimum Gasteiger partial charge on any atom is -0.481 e. The molecule has 1 aromatic rings. The second-order valence-corrected chi connectivity index (χ2v) is 4.62. The van der Waals surface area contributed by atoms with Gasteiger partial charge in [0.25, 0.3) is 0 Å². The van der Waals surface area contributed by atoms with E-state index in [1.54, 1.807) is 7.11 Å². The number of nitrogens with one attached hydrogen (secondary N) is 1. The highest BCUT2D eigenvalue weighted by atomic mass is 16.5. The van der Waals surface area contributed by atoms with Gasteiger partial charge >= 0.3 is 0 Å². The molecule has 18 heavy (non-hydrogen) atoms. The first-order chi connectivity index (χ1) is 8.67. The second kappa shape index (κ2) is 8.06. The standard InChI is InChI=1S/C14H25N3O/c1-5-12(2)17(3)9-8-15-10-13-6-7-14(18-4)16-11-13/h6-7,11-12,15H,5,8-10H2,1-4H3. The van der Waals surface area contributed by atoms with E-state index < -0.39 is 0 Å². The number of nitrogens with zero attached hydrogens (tertiary/aromatic N) is 2. The molecule has 0 spiro atoms. The van der Waals surface area contributed by atoms with Crippen molar-refractivity contribution in [2.75, 3.05) is 27.2 Å². The Balaban J connectivity index is 2.21. The quantitative estimate of drug-likeness (QED) is 0.716. The average molecular weight is 251 g/mol. The van der Waals surface area contributed by atoms with E-state index in [2.05, 4.69) is 36.1 Å². The van der Waals surface area contributed by atoms with Gasteiger partial charge in [-0.05, 0) is 26.0 Å². The van der Waals surface area contributed by atoms with Gasteiger partial charge in [0.2, 0.25) is 5.88 Å². The van der Waals surface area contributed by atoms with Gasteiger partial charge in [0, 0.05) is 37.9 Å². The van der Waals surface area contributed by atoms with Crippen LogP contribution in [0.5, 0.6) is 5.88 Å². The number of rotatable bonds is 8. The smallest absolute Gasteiger partial charge is 0.212 e. The van der Waals surface area contributed by atoms with Crippen LogP contribution >= 0.6 is 0 Å². The van der Waals surface area contributed by atoms with E-state index >= 15 is 0 Å². The average Bonchev–Trinajstić information content (AvgIpc) is 2.43. The lowest BCUT2D eigenvalue weighted by molar-refractivity contribution is 0.251. The summed E-state index contributed by atoms with van der Waals surface area (Å²) in [4.78, 5) is 6.55. The summed E-state index contributed by atoms with van der Waals surface area (Å²) in [5.41, 5.74) is 1.18. The summed E-state index contributed by atoms with van der Waals surface area (Å²) in [5, 5.41) is 3.43. The van der Waals surface area contributed by atoms with Gasteiger partial charge in [-0.3, -0.25) is 0 Å². The first-order valence-corrected chi connectivity index (χ1v) is 6.57. The van der Waals surface area contributed by atoms with Gasteiger partial charge in [0.1, 0.15) is 0 Å². The van der Waals surface area contributed by atoms with Gasteiger partial charge < -0.3 is 15.0 Å². The van der Waals surface area contributed by atoms with E-state index in [0.29, 0.717) is 11.9 Å². The molecule has 4 nitrogen and oxygen atoms in total. The summed E-state index contributed by atoms with van der Waals surface area (Å²) in [7, 11) is 3.80. The second-order valence-electron chi connectivity index (χ2n) is 4.62. The molecule has 1 aromatic heterocycles. The Labute approximate surface area is 110 Å². The van der Waals surface area contributed by atoms with Gasteiger partial charge in [-0.2, -0.15) is 0 Å². The van der Waals surface area contributed by atoms with E-state index in [0.717, 1.165) is 19.6 Å². The molecule has 0 aliphatic carbocycles. The van der Waals surface area contributed by atoms with Gasteiger partial charge in [0.15, 0.2) is 0 Å². The van der Waals surface area contributed by atoms with Crippen LogP contribution in [0, 0.1) is 0 Å². The number of hydrogen-bond acceptors (Lipinski definition) is 4. The molecule has 1 atom stereocenters. The summed E-state index contributed by atoms with van der Waals surface area (Å²) < 4.78 is 5.03. The molecular weight excluding hydrogens is 226 g/mol. The Kier molecular flexibility index (Phi) is 6.68. The third kappa shape index (κ3) is 5.02. The SMILES string of the molecule is CCC(C)N(C)CCNCc1ccc(OC)nc1. The topological polar surface area (TPSA) is 37.4 Å². The van der Waals surface area contributed by atoms with Crippen LogP contribution < -0.4 is 10.1 Å². The minimum absolute atomic E-state index is 0.648. The van der Waals surface area contributed by atoms with E-state index in [9.17, 15) is 0 Å². The Hall–Kier alpha value is -1.13. The Morgan fingerprint density at radius 2 is 2.22 bits per heavy atom. The van der Waals surface area contributed by atoms with Crippen molar-refractivity contribution in [1.82, 2.24) is 15.2 Å². The maximum atomic E-state index is 5.03. The first-order valence-electron chi connectivity index (χ1n) is 6.57. The minimum atomic E-state index is 0.648. The van der Waals surface area contributed by atoms with Crippen molar-refractivity contribution >= 4 is 0 Å². The Morgan fingerprint density at radius 1 is 1.44 bits per heavy atom. The lowest BCUT2D eigenvalue weighted by atomic mass is 10.2. The molecule has 0 aliphatic heterocycles. The van der Waals surface area contributed by atoms with Crippen LogP contribution in [-0.2, 0) is 6.54 Å². The van der Waals surface area contributed by atoms with Crippen molar-refractivity contribution < 1.29 is 4.74 Å². The highest BCUT2D eigenvalue weighted by Crippen LogP contribution is 2.06. The van der Waals surface area contributed by atoms with Crippen molar-refractivity contribution in [3.05, 3.63) is 23.9 Å². The van der Waals surface area contributed by atoms with Crippen LogP contribution in [0.1, 0.15) is 25.8 Å². The number of aromatic nitrogens is 1. The first kappa shape index (κ1) is 14.9. The summed E-state index contributed by atoms with van der Waals surface area (Å²) in [6.45, 7) is 7.39. The third-order valence-corrected chi connectivity index (χ3v) is 3.32. The largest absolute Gasteiger partial charge is 0.481 e. The summed E-state index contributed by atoms with van der Waals surface area (Å²) in [6, 6.07) is 4.58. The van der Waals surface area contributed by atoms with E-state index in [4.69, 9.17) is 4.74 Å². The van der Waals surface area contributed by atoms with Crippen LogP contribution in [0.3, 0.4) is 0 Å². The molecule has 0 saturated carbocycles. The molecule has 0 fully saturated rings. The molecule has 0 aromatic carbocycles. The normalized spacial score (nSPS) is 12.7. The van der Waals surface area contributed by atoms with Crippen molar-refractivity contribution in [3.8, 4) is 5.88 Å². The fraction of sp³-hybridized carbons (Fsp3) is 0.643. The van der Waals surface area contributed by atoms with Gasteiger partial charge in [-0.15, -0.1) is 0 Å². The molecule has 1 heterocycles. The van der Waals surface area contributed by atoms with Crippen LogP contribution in [0.4, 0.5) is 0 Å². The Morgan fingerprint density at radius 3 is 2.78 bits per heavy atom. The monoisotopic (exact) mass is 251 g/mol. The van der Waals surface area contributed by atoms with E-state index in [-0.39, 0.29) is 0 Å². The summed E-state index contributed by atoms with van der Waals surface area (Å²) >= 11 is 0. The molecule has 0 bridgehead atoms. The number of ether oxygens (including phenoxy) is 1. The van der Waals surface area contributed by atoms with Crippen molar-refractivity contribution in [2.24, 2.45) is 0 Å². The van der Waals surface area contributed by atoms with Crippen molar-refractivity contribution in [1.29, 1.82) is 0 Å². The van der Waals surface area contributed by atoms with Crippen LogP contribution in [0.15, 0.2) is 18.3 Å². The fourth-order valence-electron chi connectivity index (χ4n) is 1.66. The molecule has 0 amide bonds. The molecule has 0 saturated heterocycles. The zero-order valence-corrected chi connectivity index (χ0v) is 11.9. The van der Waals surface area contributed by atoms with Gasteiger partial charge in [-0.1, -0.05) is 13.0 Å². The summed E-state index contributed by atoms with van der Waals surface area (Å²) in [6.07, 6.45) is 3.04. The number of hydrogen-bond donors (Lipinski definition) is 1. The van der Waals surface area contributed by atoms with E-state index in [1.165, 1.54) is 12.0 Å². The molecular formula is C14H25N3O. The van der Waals surface area contributed by atoms with Crippen molar-refractivity contribution in [2.45, 2.75) is 32.9 Å². The predicted octanol–water partition coefficient (Wildman–Crippen LogP) is 1.91. The predicted molar refractivity (Wildman–Crippen MR) is 74.9 cm³/mol. The molecule has 0 aliphatic rings.